The van der Waals surface area contributed by atoms with Gasteiger partial charge in [-0.05, 0) is 51.5 Å². The fourth-order valence-corrected chi connectivity index (χ4v) is 5.96. The summed E-state index contributed by atoms with van der Waals surface area (Å²) in [7, 11) is 0. The van der Waals surface area contributed by atoms with E-state index in [-0.39, 0.29) is 33.6 Å². The van der Waals surface area contributed by atoms with E-state index in [0.717, 1.165) is 42.9 Å². The molecule has 1 aliphatic carbocycles. The van der Waals surface area contributed by atoms with Crippen molar-refractivity contribution in [1.82, 2.24) is 20.2 Å². The third-order valence-electron chi connectivity index (χ3n) is 7.17. The molecule has 39 heavy (non-hydrogen) atoms. The predicted molar refractivity (Wildman–Crippen MR) is 135 cm³/mol. The number of anilines is 1. The van der Waals surface area contributed by atoms with Crippen LogP contribution in [0.15, 0.2) is 12.3 Å². The Morgan fingerprint density at radius 2 is 1.97 bits per heavy atom. The maximum atomic E-state index is 14.2. The van der Waals surface area contributed by atoms with Gasteiger partial charge in [0.05, 0.1) is 17.0 Å². The molecule has 3 heterocycles. The van der Waals surface area contributed by atoms with Crippen LogP contribution in [0.3, 0.4) is 0 Å². The lowest BCUT2D eigenvalue weighted by atomic mass is 10.1. The molecule has 0 aromatic carbocycles. The fourth-order valence-electron chi connectivity index (χ4n) is 4.97. The van der Waals surface area contributed by atoms with Crippen LogP contribution >= 0.6 is 11.3 Å². The minimum absolute atomic E-state index is 0.0200. The number of pyridine rings is 1. The molecule has 4 rings (SSSR count). The first-order valence-electron chi connectivity index (χ1n) is 12.8. The van der Waals surface area contributed by atoms with Gasteiger partial charge in [-0.25, -0.2) is 18.7 Å². The Hall–Kier alpha value is -2.87. The highest BCUT2D eigenvalue weighted by atomic mass is 32.1. The smallest absolute Gasteiger partial charge is 0.391 e. The number of carbonyl (C=O) groups excluding carboxylic acids is 2. The number of thiazole rings is 1. The number of hydrogen-bond acceptors (Lipinski definition) is 7. The molecule has 2 amide bonds. The maximum Gasteiger partial charge on any atom is 0.408 e. The van der Waals surface area contributed by atoms with Gasteiger partial charge in [0.15, 0.2) is 5.01 Å². The minimum Gasteiger partial charge on any atom is -0.391 e. The Balaban J connectivity index is 1.74. The van der Waals surface area contributed by atoms with Crippen molar-refractivity contribution < 1.29 is 36.6 Å². The zero-order valence-electron chi connectivity index (χ0n) is 21.4. The van der Waals surface area contributed by atoms with Crippen LogP contribution in [0.25, 0.3) is 10.4 Å². The Kier molecular flexibility index (Phi) is 8.74. The van der Waals surface area contributed by atoms with E-state index in [0.29, 0.717) is 19.4 Å². The molecule has 3 N–H and O–H groups in total. The molecule has 0 radical (unpaired) electrons. The van der Waals surface area contributed by atoms with Gasteiger partial charge in [-0.3, -0.25) is 9.59 Å². The summed E-state index contributed by atoms with van der Waals surface area (Å²) in [6.07, 6.45) is -4.49. The second-order valence-corrected chi connectivity index (χ2v) is 10.9. The van der Waals surface area contributed by atoms with Crippen LogP contribution in [0, 0.1) is 0 Å². The highest BCUT2D eigenvalue weighted by Gasteiger charge is 2.39. The molecule has 2 aliphatic rings. The Bertz CT molecular complexity index is 1210. The number of aromatic nitrogens is 2. The summed E-state index contributed by atoms with van der Waals surface area (Å²) in [5.74, 6) is -1.57. The van der Waals surface area contributed by atoms with Crippen molar-refractivity contribution in [3.63, 3.8) is 0 Å². The van der Waals surface area contributed by atoms with Crippen molar-refractivity contribution in [2.75, 3.05) is 11.9 Å². The van der Waals surface area contributed by atoms with Crippen LogP contribution in [-0.4, -0.2) is 68.7 Å². The van der Waals surface area contributed by atoms with Crippen molar-refractivity contribution >= 4 is 29.0 Å². The quantitative estimate of drug-likeness (QED) is 0.376. The van der Waals surface area contributed by atoms with Gasteiger partial charge in [-0.2, -0.15) is 13.2 Å². The molecule has 1 aliphatic heterocycles. The molecule has 2 aromatic rings. The number of likely N-dealkylation sites (tertiary alicyclic amines) is 1. The van der Waals surface area contributed by atoms with Crippen LogP contribution < -0.4 is 10.6 Å². The van der Waals surface area contributed by atoms with Gasteiger partial charge in [0.1, 0.15) is 17.6 Å². The van der Waals surface area contributed by atoms with Gasteiger partial charge in [0, 0.05) is 29.9 Å². The number of amides is 2. The van der Waals surface area contributed by atoms with E-state index < -0.39 is 54.0 Å². The number of nitrogens with zero attached hydrogens (tertiary/aromatic N) is 3. The highest BCUT2D eigenvalue weighted by molar-refractivity contribution is 7.17. The topological polar surface area (TPSA) is 107 Å². The van der Waals surface area contributed by atoms with E-state index in [9.17, 15) is 36.6 Å². The highest BCUT2D eigenvalue weighted by Crippen LogP contribution is 2.39. The van der Waals surface area contributed by atoms with Gasteiger partial charge >= 0.3 is 6.18 Å². The third kappa shape index (κ3) is 6.32. The summed E-state index contributed by atoms with van der Waals surface area (Å²) in [5.41, 5.74) is -1.03. The van der Waals surface area contributed by atoms with E-state index in [4.69, 9.17) is 0 Å². The summed E-state index contributed by atoms with van der Waals surface area (Å²) in [6, 6.07) is -1.77. The summed E-state index contributed by atoms with van der Waals surface area (Å²) < 4.78 is 68.2. The summed E-state index contributed by atoms with van der Waals surface area (Å²) in [4.78, 5) is 36.2. The maximum absolute atomic E-state index is 14.2. The van der Waals surface area contributed by atoms with Crippen molar-refractivity contribution in [3.05, 3.63) is 28.5 Å². The lowest BCUT2D eigenvalue weighted by Gasteiger charge is -2.22. The fraction of sp³-hybridized carbons (Fsp3) is 0.600. The predicted octanol–water partition coefficient (Wildman–Crippen LogP) is 5.16. The van der Waals surface area contributed by atoms with Crippen LogP contribution in [0.2, 0.25) is 0 Å². The molecule has 1 saturated carbocycles. The van der Waals surface area contributed by atoms with Crippen molar-refractivity contribution in [3.8, 4) is 10.4 Å². The molecule has 8 nitrogen and oxygen atoms in total. The number of carbonyl (C=O) groups is 2. The first-order valence-corrected chi connectivity index (χ1v) is 13.6. The van der Waals surface area contributed by atoms with E-state index in [2.05, 4.69) is 20.6 Å². The monoisotopic (exact) mass is 575 g/mol. The standard InChI is InChI=1S/C25H30F5N5O3S/c1-3-17(25(28,29)30)33-18-10-13(21(26)27)14(11-31-18)20-19(24(38)35-9-5-6-12(35)2)34-23(39-20)22(37)32-15-7-4-8-16(15)36/h10-12,15-17,21,36H,3-9H2,1-2H3,(H,31,33)(H,32,37)/t12-,15?,16?,17-/m0/s1. The van der Waals surface area contributed by atoms with Crippen LogP contribution in [0.1, 0.15) is 84.7 Å². The van der Waals surface area contributed by atoms with Gasteiger partial charge in [-0.1, -0.05) is 6.92 Å². The number of aliphatic hydroxyl groups excluding tert-OH is 1. The molecule has 4 atom stereocenters. The van der Waals surface area contributed by atoms with Gasteiger partial charge in [0.2, 0.25) is 0 Å². The van der Waals surface area contributed by atoms with E-state index in [1.165, 1.54) is 6.92 Å². The normalized spacial score (nSPS) is 22.4. The lowest BCUT2D eigenvalue weighted by Crippen LogP contribution is -2.40. The number of alkyl halides is 5. The molecule has 2 unspecified atom stereocenters. The molecule has 2 aromatic heterocycles. The SMILES string of the molecule is CC[C@H](Nc1cc(C(F)F)c(-c2sc(C(=O)NC3CCCC3O)nc2C(=O)N2CCC[C@@H]2C)cn1)C(F)(F)F. The molecule has 1 saturated heterocycles. The minimum atomic E-state index is -4.61. The molecule has 14 heteroatoms. The zero-order chi connectivity index (χ0) is 28.5. The Labute approximate surface area is 226 Å². The largest absolute Gasteiger partial charge is 0.408 e. The average molecular weight is 576 g/mol. The van der Waals surface area contributed by atoms with Crippen molar-refractivity contribution in [2.45, 2.75) is 89.2 Å². The van der Waals surface area contributed by atoms with E-state index in [1.807, 2.05) is 6.92 Å². The average Bonchev–Trinajstić information content (AvgIpc) is 3.61. The molecular formula is C25H30F5N5O3S. The molecule has 214 valence electrons. The van der Waals surface area contributed by atoms with Crippen LogP contribution in [0.4, 0.5) is 27.8 Å². The number of hydrogen-bond donors (Lipinski definition) is 3. The van der Waals surface area contributed by atoms with Gasteiger partial charge < -0.3 is 20.6 Å². The molecule has 0 bridgehead atoms. The second-order valence-electron chi connectivity index (χ2n) is 9.87. The third-order valence-corrected chi connectivity index (χ3v) is 8.26. The zero-order valence-corrected chi connectivity index (χ0v) is 22.2. The number of aliphatic hydroxyl groups is 1. The van der Waals surface area contributed by atoms with Crippen molar-refractivity contribution in [1.29, 1.82) is 0 Å². The Morgan fingerprint density at radius 3 is 2.54 bits per heavy atom. The van der Waals surface area contributed by atoms with Crippen LogP contribution in [0.5, 0.6) is 0 Å². The van der Waals surface area contributed by atoms with Gasteiger partial charge in [-0.15, -0.1) is 11.3 Å². The second kappa shape index (κ2) is 11.7. The summed E-state index contributed by atoms with van der Waals surface area (Å²) >= 11 is 0.728. The first kappa shape index (κ1) is 29.1. The van der Waals surface area contributed by atoms with Gasteiger partial charge in [0.25, 0.3) is 18.2 Å². The number of nitrogens with one attached hydrogen (secondary N) is 2. The van der Waals surface area contributed by atoms with Crippen LogP contribution in [-0.2, 0) is 0 Å². The number of rotatable bonds is 8. The first-order chi connectivity index (χ1) is 18.4. The summed E-state index contributed by atoms with van der Waals surface area (Å²) in [6.45, 7) is 3.59. The molecular weight excluding hydrogens is 545 g/mol. The van der Waals surface area contributed by atoms with E-state index in [1.54, 1.807) is 4.90 Å². The van der Waals surface area contributed by atoms with E-state index >= 15 is 0 Å². The molecule has 0 spiro atoms. The van der Waals surface area contributed by atoms with Crippen molar-refractivity contribution in [2.24, 2.45) is 0 Å². The summed E-state index contributed by atoms with van der Waals surface area (Å²) in [5, 5.41) is 14.8. The lowest BCUT2D eigenvalue weighted by molar-refractivity contribution is -0.142. The number of halogens is 5. The molecule has 2 fully saturated rings. The Morgan fingerprint density at radius 1 is 1.23 bits per heavy atom.